The van der Waals surface area contributed by atoms with Crippen LogP contribution in [-0.4, -0.2) is 20.8 Å². The van der Waals surface area contributed by atoms with E-state index in [1.54, 1.807) is 0 Å². The summed E-state index contributed by atoms with van der Waals surface area (Å²) in [5.74, 6) is 0. The van der Waals surface area contributed by atoms with E-state index in [0.29, 0.717) is 6.54 Å². The third kappa shape index (κ3) is 4.14. The molecule has 2 rings (SSSR count). The van der Waals surface area contributed by atoms with E-state index in [0.717, 1.165) is 5.69 Å². The van der Waals surface area contributed by atoms with Gasteiger partial charge in [-0.25, -0.2) is 0 Å². The van der Waals surface area contributed by atoms with Crippen LogP contribution in [0.25, 0.3) is 0 Å². The summed E-state index contributed by atoms with van der Waals surface area (Å²) in [6.45, 7) is 10.8. The number of rotatable bonds is 5. The van der Waals surface area contributed by atoms with Gasteiger partial charge >= 0.3 is 0 Å². The monoisotopic (exact) mass is 330 g/mol. The van der Waals surface area contributed by atoms with Gasteiger partial charge in [0.05, 0.1) is 17.7 Å². The highest BCUT2D eigenvalue weighted by Gasteiger charge is 2.35. The Morgan fingerprint density at radius 2 is 1.70 bits per heavy atom. The third-order valence-corrected chi connectivity index (χ3v) is 5.60. The van der Waals surface area contributed by atoms with Crippen molar-refractivity contribution < 1.29 is 4.55 Å². The van der Waals surface area contributed by atoms with Crippen molar-refractivity contribution in [3.8, 4) is 0 Å². The van der Waals surface area contributed by atoms with Crippen LogP contribution in [0.2, 0.25) is 0 Å². The van der Waals surface area contributed by atoms with Gasteiger partial charge in [0, 0.05) is 17.6 Å². The summed E-state index contributed by atoms with van der Waals surface area (Å²) in [4.78, 5) is 4.57. The van der Waals surface area contributed by atoms with E-state index in [2.05, 4.69) is 35.7 Å². The minimum atomic E-state index is -1.12. The molecule has 0 aliphatic carbocycles. The lowest BCUT2D eigenvalue weighted by atomic mass is 9.77. The van der Waals surface area contributed by atoms with Gasteiger partial charge in [0.1, 0.15) is 4.75 Å². The van der Waals surface area contributed by atoms with Gasteiger partial charge in [0.2, 0.25) is 0 Å². The molecule has 2 atom stereocenters. The fourth-order valence-electron chi connectivity index (χ4n) is 2.63. The van der Waals surface area contributed by atoms with Gasteiger partial charge in [-0.2, -0.15) is 0 Å². The van der Waals surface area contributed by atoms with Gasteiger partial charge in [-0.1, -0.05) is 30.3 Å². The van der Waals surface area contributed by atoms with Crippen molar-refractivity contribution in [1.29, 1.82) is 0 Å². The van der Waals surface area contributed by atoms with Crippen LogP contribution in [0.1, 0.15) is 44.5 Å². The fraction of sp³-hybridized carbons (Fsp3) is 0.421. The fourth-order valence-corrected chi connectivity index (χ4v) is 3.48. The number of hydrogen-bond donors (Lipinski definition) is 1. The Balaban J connectivity index is 2.39. The van der Waals surface area contributed by atoms with Crippen molar-refractivity contribution in [1.82, 2.24) is 9.71 Å². The Kier molecular flexibility index (Phi) is 5.50. The zero-order chi connectivity index (χ0) is 17.1. The highest BCUT2D eigenvalue weighted by Crippen LogP contribution is 2.32. The standard InChI is InChI=1S/C19H26N2OS/c1-15-10-6-7-11-16(15)19(5,17-12-8-9-13-20-17)14-21-23(22)18(2,3)4/h6-13,21H,14H2,1-5H3/t19-,23?/m1/s1. The van der Waals surface area contributed by atoms with Crippen LogP contribution in [0.15, 0.2) is 48.7 Å². The molecule has 0 spiro atoms. The molecule has 1 aromatic heterocycles. The molecule has 0 bridgehead atoms. The summed E-state index contributed by atoms with van der Waals surface area (Å²) in [6.07, 6.45) is 1.81. The summed E-state index contributed by atoms with van der Waals surface area (Å²) in [7, 11) is 0. The molecular weight excluding hydrogens is 304 g/mol. The maximum absolute atomic E-state index is 12.4. The summed E-state index contributed by atoms with van der Waals surface area (Å²) in [5.41, 5.74) is 3.06. The smallest absolute Gasteiger partial charge is 0.136 e. The van der Waals surface area contributed by atoms with Crippen molar-refractivity contribution in [3.05, 3.63) is 65.5 Å². The van der Waals surface area contributed by atoms with Crippen LogP contribution in [0.3, 0.4) is 0 Å². The van der Waals surface area contributed by atoms with Crippen molar-refractivity contribution in [2.75, 3.05) is 6.54 Å². The molecule has 0 saturated heterocycles. The lowest BCUT2D eigenvalue weighted by Gasteiger charge is -2.33. The average Bonchev–Trinajstić information content (AvgIpc) is 2.52. The summed E-state index contributed by atoms with van der Waals surface area (Å²) in [5, 5.41) is 0. The predicted molar refractivity (Wildman–Crippen MR) is 97.8 cm³/mol. The summed E-state index contributed by atoms with van der Waals surface area (Å²) < 4.78 is 15.4. The quantitative estimate of drug-likeness (QED) is 0.850. The number of aromatic nitrogens is 1. The largest absolute Gasteiger partial charge is 0.598 e. The second kappa shape index (κ2) is 7.04. The van der Waals surface area contributed by atoms with E-state index in [1.165, 1.54) is 11.1 Å². The number of benzene rings is 1. The molecule has 124 valence electrons. The number of aryl methyl sites for hydroxylation is 1. The van der Waals surface area contributed by atoms with Gasteiger partial charge in [-0.05, 0) is 57.9 Å². The molecule has 1 heterocycles. The topological polar surface area (TPSA) is 48.0 Å². The molecule has 2 aromatic rings. The normalized spacial score (nSPS) is 15.9. The Hall–Kier alpha value is -1.36. The van der Waals surface area contributed by atoms with Crippen molar-refractivity contribution in [2.24, 2.45) is 0 Å². The average molecular weight is 330 g/mol. The maximum Gasteiger partial charge on any atom is 0.136 e. The van der Waals surface area contributed by atoms with E-state index < -0.39 is 11.4 Å². The highest BCUT2D eigenvalue weighted by atomic mass is 32.2. The molecule has 1 aromatic carbocycles. The minimum Gasteiger partial charge on any atom is -0.598 e. The van der Waals surface area contributed by atoms with E-state index in [4.69, 9.17) is 0 Å². The van der Waals surface area contributed by atoms with Crippen LogP contribution in [-0.2, 0) is 16.8 Å². The zero-order valence-electron chi connectivity index (χ0n) is 14.6. The molecule has 0 fully saturated rings. The second-order valence-electron chi connectivity index (χ2n) is 7.06. The SMILES string of the molecule is Cc1ccccc1[C@@](C)(CN[S+]([O-])C(C)(C)C)c1ccccn1. The Morgan fingerprint density at radius 3 is 2.26 bits per heavy atom. The molecule has 4 heteroatoms. The predicted octanol–water partition coefficient (Wildman–Crippen LogP) is 3.75. The molecular formula is C19H26N2OS. The van der Waals surface area contributed by atoms with Gasteiger partial charge in [-0.15, -0.1) is 4.72 Å². The molecule has 0 aliphatic rings. The maximum atomic E-state index is 12.4. The van der Waals surface area contributed by atoms with Crippen molar-refractivity contribution in [2.45, 2.75) is 44.8 Å². The van der Waals surface area contributed by atoms with Crippen LogP contribution in [0.4, 0.5) is 0 Å². The van der Waals surface area contributed by atoms with Crippen molar-refractivity contribution >= 4 is 11.4 Å². The Bertz CT molecular complexity index is 639. The number of nitrogens with zero attached hydrogens (tertiary/aromatic N) is 1. The van der Waals surface area contributed by atoms with E-state index in [9.17, 15) is 4.55 Å². The number of pyridine rings is 1. The Labute approximate surface area is 142 Å². The number of hydrogen-bond acceptors (Lipinski definition) is 3. The van der Waals surface area contributed by atoms with Crippen LogP contribution in [0, 0.1) is 6.92 Å². The van der Waals surface area contributed by atoms with Gasteiger partial charge in [-0.3, -0.25) is 4.98 Å². The van der Waals surface area contributed by atoms with Gasteiger partial charge < -0.3 is 4.55 Å². The molecule has 0 amide bonds. The first-order chi connectivity index (χ1) is 10.7. The second-order valence-corrected chi connectivity index (χ2v) is 9.12. The number of nitrogens with one attached hydrogen (secondary N) is 1. The molecule has 0 saturated carbocycles. The lowest BCUT2D eigenvalue weighted by molar-refractivity contribution is 0.502. The van der Waals surface area contributed by atoms with E-state index in [1.807, 2.05) is 57.3 Å². The van der Waals surface area contributed by atoms with Crippen LogP contribution in [0.5, 0.6) is 0 Å². The summed E-state index contributed by atoms with van der Waals surface area (Å²) >= 11 is -1.12. The first kappa shape index (κ1) is 18.0. The minimum absolute atomic E-state index is 0.295. The first-order valence-electron chi connectivity index (χ1n) is 7.88. The third-order valence-electron chi connectivity index (χ3n) is 4.08. The first-order valence-corrected chi connectivity index (χ1v) is 9.03. The van der Waals surface area contributed by atoms with Gasteiger partial charge in [0.15, 0.2) is 0 Å². The van der Waals surface area contributed by atoms with Gasteiger partial charge in [0.25, 0.3) is 0 Å². The molecule has 0 aliphatic heterocycles. The molecule has 23 heavy (non-hydrogen) atoms. The molecule has 3 nitrogen and oxygen atoms in total. The molecule has 1 unspecified atom stereocenters. The zero-order valence-corrected chi connectivity index (χ0v) is 15.4. The molecule has 1 N–H and O–H groups in total. The van der Waals surface area contributed by atoms with Crippen LogP contribution < -0.4 is 4.72 Å². The van der Waals surface area contributed by atoms with E-state index in [-0.39, 0.29) is 10.2 Å². The summed E-state index contributed by atoms with van der Waals surface area (Å²) in [6, 6.07) is 14.3. The highest BCUT2D eigenvalue weighted by molar-refractivity contribution is 7.90. The Morgan fingerprint density at radius 1 is 1.04 bits per heavy atom. The lowest BCUT2D eigenvalue weighted by Crippen LogP contribution is -2.46. The van der Waals surface area contributed by atoms with Crippen LogP contribution >= 0.6 is 0 Å². The van der Waals surface area contributed by atoms with Crippen molar-refractivity contribution in [3.63, 3.8) is 0 Å². The molecule has 0 radical (unpaired) electrons. The van der Waals surface area contributed by atoms with E-state index >= 15 is 0 Å².